The van der Waals surface area contributed by atoms with Gasteiger partial charge in [0.25, 0.3) is 0 Å². The number of hydrogen-bond acceptors (Lipinski definition) is 1. The standard InChI is InChI=1S/C24H7Cl9F3N/c25-8-1-12(28)19(13(29)2-8)11-7-18(24(34,35)36)37-23(22-16(32)5-10(27)6-17(22)33)20(11)21-14(30)3-9(26)4-15(21)31/h1-7H. The van der Waals surface area contributed by atoms with Gasteiger partial charge in [-0.25, -0.2) is 4.98 Å². The van der Waals surface area contributed by atoms with E-state index >= 15 is 0 Å². The van der Waals surface area contributed by atoms with Gasteiger partial charge >= 0.3 is 6.18 Å². The Kier molecular flexibility index (Phi) is 8.68. The van der Waals surface area contributed by atoms with Crippen LogP contribution in [0.4, 0.5) is 13.2 Å². The molecule has 13 heteroatoms. The molecule has 0 atom stereocenters. The molecule has 3 aromatic carbocycles. The van der Waals surface area contributed by atoms with Gasteiger partial charge in [0.2, 0.25) is 0 Å². The molecule has 192 valence electrons. The molecule has 4 rings (SSSR count). The highest BCUT2D eigenvalue weighted by atomic mass is 35.5. The van der Waals surface area contributed by atoms with Crippen LogP contribution >= 0.6 is 104 Å². The molecule has 0 unspecified atom stereocenters. The maximum Gasteiger partial charge on any atom is 0.433 e. The Bertz CT molecular complexity index is 1420. The van der Waals surface area contributed by atoms with Gasteiger partial charge in [-0.1, -0.05) is 104 Å². The van der Waals surface area contributed by atoms with E-state index in [0.717, 1.165) is 6.07 Å². The van der Waals surface area contributed by atoms with E-state index in [1.54, 1.807) is 0 Å². The van der Waals surface area contributed by atoms with Crippen molar-refractivity contribution in [1.29, 1.82) is 0 Å². The average Bonchev–Trinajstić information content (AvgIpc) is 2.72. The predicted octanol–water partition coefficient (Wildman–Crippen LogP) is 13.0. The lowest BCUT2D eigenvalue weighted by Crippen LogP contribution is -2.11. The zero-order valence-corrected chi connectivity index (χ0v) is 24.3. The number of benzene rings is 3. The molecule has 0 aliphatic carbocycles. The van der Waals surface area contributed by atoms with Gasteiger partial charge in [-0.05, 0) is 48.0 Å². The van der Waals surface area contributed by atoms with E-state index in [1.807, 2.05) is 0 Å². The first-order chi connectivity index (χ1) is 17.2. The molecule has 0 saturated carbocycles. The number of alkyl halides is 3. The minimum atomic E-state index is -4.90. The Labute approximate surface area is 253 Å². The van der Waals surface area contributed by atoms with Crippen LogP contribution in [0.1, 0.15) is 5.69 Å². The molecule has 0 N–H and O–H groups in total. The molecule has 1 nitrogen and oxygen atoms in total. The lowest BCUT2D eigenvalue weighted by atomic mass is 9.90. The number of aromatic nitrogens is 1. The van der Waals surface area contributed by atoms with Crippen molar-refractivity contribution < 1.29 is 13.2 Å². The second kappa shape index (κ2) is 11.0. The number of nitrogens with zero attached hydrogens (tertiary/aromatic N) is 1. The van der Waals surface area contributed by atoms with Gasteiger partial charge in [-0.3, -0.25) is 0 Å². The summed E-state index contributed by atoms with van der Waals surface area (Å²) in [5.41, 5.74) is -1.65. The van der Waals surface area contributed by atoms with Crippen LogP contribution < -0.4 is 0 Å². The van der Waals surface area contributed by atoms with Crippen molar-refractivity contribution in [3.05, 3.63) is 93.4 Å². The van der Waals surface area contributed by atoms with Gasteiger partial charge in [-0.2, -0.15) is 13.2 Å². The van der Waals surface area contributed by atoms with Crippen molar-refractivity contribution in [1.82, 2.24) is 4.98 Å². The summed E-state index contributed by atoms with van der Waals surface area (Å²) >= 11 is 57.0. The topological polar surface area (TPSA) is 12.9 Å². The second-order valence-corrected chi connectivity index (χ2v) is 11.3. The van der Waals surface area contributed by atoms with E-state index in [-0.39, 0.29) is 78.7 Å². The third-order valence-corrected chi connectivity index (χ3v) is 7.53. The maximum atomic E-state index is 14.1. The van der Waals surface area contributed by atoms with Gasteiger partial charge < -0.3 is 0 Å². The summed E-state index contributed by atoms with van der Waals surface area (Å²) in [4.78, 5) is 3.91. The van der Waals surface area contributed by atoms with Gasteiger partial charge in [-0.15, -0.1) is 0 Å². The van der Waals surface area contributed by atoms with Crippen molar-refractivity contribution >= 4 is 104 Å². The van der Waals surface area contributed by atoms with Gasteiger partial charge in [0.15, 0.2) is 0 Å². The molecule has 0 aliphatic heterocycles. The molecule has 0 radical (unpaired) electrons. The fourth-order valence-electron chi connectivity index (χ4n) is 3.67. The molecule has 0 bridgehead atoms. The molecule has 0 spiro atoms. The van der Waals surface area contributed by atoms with Gasteiger partial charge in [0, 0.05) is 37.3 Å². The van der Waals surface area contributed by atoms with Crippen LogP contribution in [0.15, 0.2) is 42.5 Å². The lowest BCUT2D eigenvalue weighted by molar-refractivity contribution is -0.141. The third-order valence-electron chi connectivity index (χ3n) is 5.09. The van der Waals surface area contributed by atoms with E-state index in [9.17, 15) is 13.2 Å². The molecule has 0 fully saturated rings. The summed E-state index contributed by atoms with van der Waals surface area (Å²) in [7, 11) is 0. The van der Waals surface area contributed by atoms with Crippen LogP contribution in [0.25, 0.3) is 33.5 Å². The Morgan fingerprint density at radius 1 is 0.459 bits per heavy atom. The Hall–Kier alpha value is -0.790. The third kappa shape index (κ3) is 5.89. The van der Waals surface area contributed by atoms with Crippen LogP contribution in [0.3, 0.4) is 0 Å². The fourth-order valence-corrected chi connectivity index (χ4v) is 6.69. The summed E-state index contributed by atoms with van der Waals surface area (Å²) in [6.07, 6.45) is -4.90. The van der Waals surface area contributed by atoms with E-state index in [1.165, 1.54) is 36.4 Å². The quantitative estimate of drug-likeness (QED) is 0.209. The van der Waals surface area contributed by atoms with Gasteiger partial charge in [0.1, 0.15) is 5.69 Å². The van der Waals surface area contributed by atoms with Gasteiger partial charge in [0.05, 0.1) is 35.8 Å². The summed E-state index contributed by atoms with van der Waals surface area (Å²) in [6.45, 7) is 0. The molecule has 0 saturated heterocycles. The predicted molar refractivity (Wildman–Crippen MR) is 151 cm³/mol. The van der Waals surface area contributed by atoms with Crippen molar-refractivity contribution in [2.75, 3.05) is 0 Å². The zero-order valence-electron chi connectivity index (χ0n) is 17.5. The number of pyridine rings is 1. The minimum Gasteiger partial charge on any atom is -0.242 e. The Morgan fingerprint density at radius 2 is 0.811 bits per heavy atom. The molecular formula is C24H7Cl9F3N. The highest BCUT2D eigenvalue weighted by Gasteiger charge is 2.36. The summed E-state index contributed by atoms with van der Waals surface area (Å²) in [5, 5.41) is 0.268. The van der Waals surface area contributed by atoms with Crippen LogP contribution in [0, 0.1) is 0 Å². The largest absolute Gasteiger partial charge is 0.433 e. The van der Waals surface area contributed by atoms with Crippen LogP contribution in [-0.4, -0.2) is 4.98 Å². The van der Waals surface area contributed by atoms with Crippen molar-refractivity contribution in [2.45, 2.75) is 6.18 Å². The van der Waals surface area contributed by atoms with Crippen LogP contribution in [0.2, 0.25) is 45.2 Å². The Balaban J connectivity index is 2.32. The first-order valence-electron chi connectivity index (χ1n) is 9.76. The molecule has 1 heterocycles. The van der Waals surface area contributed by atoms with Crippen molar-refractivity contribution in [3.8, 4) is 33.5 Å². The normalized spacial score (nSPS) is 11.8. The average molecular weight is 685 g/mol. The number of hydrogen-bond donors (Lipinski definition) is 0. The maximum absolute atomic E-state index is 14.1. The number of rotatable bonds is 3. The summed E-state index contributed by atoms with van der Waals surface area (Å²) < 4.78 is 42.4. The van der Waals surface area contributed by atoms with E-state index < -0.39 is 11.9 Å². The first kappa shape index (κ1) is 29.2. The van der Waals surface area contributed by atoms with Crippen molar-refractivity contribution in [3.63, 3.8) is 0 Å². The second-order valence-electron chi connectivity index (χ2n) is 7.51. The molecule has 1 aromatic heterocycles. The molecule has 0 aliphatic rings. The SMILES string of the molecule is FC(F)(F)c1cc(-c2c(Cl)cc(Cl)cc2Cl)c(-c2c(Cl)cc(Cl)cc2Cl)c(-c2c(Cl)cc(Cl)cc2Cl)n1. The monoisotopic (exact) mass is 681 g/mol. The highest BCUT2D eigenvalue weighted by Crippen LogP contribution is 2.52. The summed E-state index contributed by atoms with van der Waals surface area (Å²) in [6, 6.07) is 8.78. The lowest BCUT2D eigenvalue weighted by Gasteiger charge is -2.22. The highest BCUT2D eigenvalue weighted by molar-refractivity contribution is 6.45. The number of halogens is 12. The van der Waals surface area contributed by atoms with E-state index in [4.69, 9.17) is 104 Å². The van der Waals surface area contributed by atoms with E-state index in [2.05, 4.69) is 4.98 Å². The minimum absolute atomic E-state index is 0.00368. The molecule has 4 aromatic rings. The molecule has 37 heavy (non-hydrogen) atoms. The molecule has 0 amide bonds. The van der Waals surface area contributed by atoms with E-state index in [0.29, 0.717) is 0 Å². The Morgan fingerprint density at radius 3 is 1.19 bits per heavy atom. The first-order valence-corrected chi connectivity index (χ1v) is 13.2. The van der Waals surface area contributed by atoms with Crippen LogP contribution in [0.5, 0.6) is 0 Å². The summed E-state index contributed by atoms with van der Waals surface area (Å²) in [5.74, 6) is 0. The fraction of sp³-hybridized carbons (Fsp3) is 0.0417. The molecular weight excluding hydrogens is 678 g/mol. The van der Waals surface area contributed by atoms with Crippen LogP contribution in [-0.2, 0) is 6.18 Å². The zero-order chi connectivity index (χ0) is 27.4. The smallest absolute Gasteiger partial charge is 0.242 e. The van der Waals surface area contributed by atoms with Crippen molar-refractivity contribution in [2.24, 2.45) is 0 Å².